The summed E-state index contributed by atoms with van der Waals surface area (Å²) in [7, 11) is 0. The quantitative estimate of drug-likeness (QED) is 0.876. The van der Waals surface area contributed by atoms with Gasteiger partial charge in [0.05, 0.1) is 0 Å². The van der Waals surface area contributed by atoms with Gasteiger partial charge < -0.3 is 10.4 Å². The zero-order valence-electron chi connectivity index (χ0n) is 10.7. The smallest absolute Gasteiger partial charge is 0.453 e. The molecule has 7 nitrogen and oxygen atoms in total. The molecule has 0 bridgehead atoms. The SMILES string of the molecule is O=C(O)C1=CC(c2cccnc2)n2nc(C(F)(F)F)nc2N1. The lowest BCUT2D eigenvalue weighted by molar-refractivity contribution is -0.145. The number of fused-ring (bicyclic) bond motifs is 1. The summed E-state index contributed by atoms with van der Waals surface area (Å²) in [5, 5.41) is 14.8. The topological polar surface area (TPSA) is 92.9 Å². The number of alkyl halides is 3. The van der Waals surface area contributed by atoms with Crippen molar-refractivity contribution in [1.82, 2.24) is 19.7 Å². The van der Waals surface area contributed by atoms with Gasteiger partial charge in [-0.15, -0.1) is 5.10 Å². The van der Waals surface area contributed by atoms with Crippen LogP contribution in [0.15, 0.2) is 36.3 Å². The molecule has 0 radical (unpaired) electrons. The van der Waals surface area contributed by atoms with Crippen LogP contribution < -0.4 is 5.32 Å². The van der Waals surface area contributed by atoms with Crippen LogP contribution in [0.3, 0.4) is 0 Å². The van der Waals surface area contributed by atoms with Gasteiger partial charge in [-0.3, -0.25) is 4.98 Å². The molecule has 0 amide bonds. The fraction of sp³-hybridized carbons (Fsp3) is 0.167. The van der Waals surface area contributed by atoms with Crippen LogP contribution >= 0.6 is 0 Å². The lowest BCUT2D eigenvalue weighted by Crippen LogP contribution is -2.24. The Morgan fingerprint density at radius 2 is 2.18 bits per heavy atom. The predicted molar refractivity (Wildman–Crippen MR) is 66.7 cm³/mol. The molecule has 0 fully saturated rings. The third kappa shape index (κ3) is 2.38. The number of nitrogens with zero attached hydrogens (tertiary/aromatic N) is 4. The zero-order valence-corrected chi connectivity index (χ0v) is 10.7. The maximum absolute atomic E-state index is 12.7. The number of anilines is 1. The highest BCUT2D eigenvalue weighted by atomic mass is 19.4. The van der Waals surface area contributed by atoms with E-state index < -0.39 is 24.0 Å². The monoisotopic (exact) mass is 311 g/mol. The first-order chi connectivity index (χ1) is 10.4. The Labute approximate surface area is 121 Å². The first-order valence-electron chi connectivity index (χ1n) is 6.02. The Balaban J connectivity index is 2.13. The van der Waals surface area contributed by atoms with Gasteiger partial charge in [0.1, 0.15) is 11.7 Å². The molecule has 22 heavy (non-hydrogen) atoms. The molecule has 1 unspecified atom stereocenters. The summed E-state index contributed by atoms with van der Waals surface area (Å²) in [6, 6.07) is 2.35. The van der Waals surface area contributed by atoms with Crippen LogP contribution in [0.5, 0.6) is 0 Å². The number of carbonyl (C=O) groups is 1. The molecule has 114 valence electrons. The number of hydrogen-bond donors (Lipinski definition) is 2. The second-order valence-corrected chi connectivity index (χ2v) is 4.44. The minimum Gasteiger partial charge on any atom is -0.477 e. The average molecular weight is 311 g/mol. The second-order valence-electron chi connectivity index (χ2n) is 4.44. The Morgan fingerprint density at radius 1 is 1.41 bits per heavy atom. The van der Waals surface area contributed by atoms with E-state index in [0.717, 1.165) is 4.68 Å². The minimum atomic E-state index is -4.73. The molecule has 0 spiro atoms. The van der Waals surface area contributed by atoms with Crippen molar-refractivity contribution in [1.29, 1.82) is 0 Å². The number of aromatic nitrogens is 4. The Bertz CT molecular complexity index is 754. The van der Waals surface area contributed by atoms with E-state index in [-0.39, 0.29) is 11.6 Å². The molecule has 0 aliphatic carbocycles. The van der Waals surface area contributed by atoms with Crippen molar-refractivity contribution in [3.63, 3.8) is 0 Å². The molecular weight excluding hydrogens is 303 g/mol. The largest absolute Gasteiger partial charge is 0.477 e. The summed E-state index contributed by atoms with van der Waals surface area (Å²) >= 11 is 0. The molecule has 1 atom stereocenters. The van der Waals surface area contributed by atoms with Gasteiger partial charge in [0.25, 0.3) is 5.82 Å². The molecule has 10 heteroatoms. The van der Waals surface area contributed by atoms with Crippen molar-refractivity contribution in [2.75, 3.05) is 5.32 Å². The molecule has 0 aromatic carbocycles. The van der Waals surface area contributed by atoms with Gasteiger partial charge in [0.15, 0.2) is 0 Å². The Kier molecular flexibility index (Phi) is 3.08. The number of allylic oxidation sites excluding steroid dienone is 1. The molecule has 3 rings (SSSR count). The molecule has 3 heterocycles. The predicted octanol–water partition coefficient (Wildman–Crippen LogP) is 1.68. The van der Waals surface area contributed by atoms with Gasteiger partial charge in [-0.2, -0.15) is 18.2 Å². The first-order valence-corrected chi connectivity index (χ1v) is 6.02. The van der Waals surface area contributed by atoms with Crippen LogP contribution in [0.2, 0.25) is 0 Å². The van der Waals surface area contributed by atoms with Crippen molar-refractivity contribution in [2.24, 2.45) is 0 Å². The summed E-state index contributed by atoms with van der Waals surface area (Å²) in [6.07, 6.45) is -0.559. The summed E-state index contributed by atoms with van der Waals surface area (Å²) in [5.74, 6) is -2.94. The highest BCUT2D eigenvalue weighted by molar-refractivity contribution is 5.90. The highest BCUT2D eigenvalue weighted by Gasteiger charge is 2.39. The fourth-order valence-electron chi connectivity index (χ4n) is 2.03. The van der Waals surface area contributed by atoms with Crippen molar-refractivity contribution < 1.29 is 23.1 Å². The third-order valence-electron chi connectivity index (χ3n) is 2.98. The van der Waals surface area contributed by atoms with Gasteiger partial charge in [0.2, 0.25) is 5.95 Å². The van der Waals surface area contributed by atoms with E-state index in [0.29, 0.717) is 5.56 Å². The fourth-order valence-corrected chi connectivity index (χ4v) is 2.03. The van der Waals surface area contributed by atoms with E-state index in [1.165, 1.54) is 18.5 Å². The van der Waals surface area contributed by atoms with Crippen LogP contribution in [0.25, 0.3) is 0 Å². The lowest BCUT2D eigenvalue weighted by Gasteiger charge is -2.21. The molecule has 0 saturated carbocycles. The molecule has 0 saturated heterocycles. The molecular formula is C12H8F3N5O2. The van der Waals surface area contributed by atoms with E-state index in [1.807, 2.05) is 0 Å². The van der Waals surface area contributed by atoms with Crippen LogP contribution in [-0.2, 0) is 11.0 Å². The number of carboxylic acids is 1. The lowest BCUT2D eigenvalue weighted by atomic mass is 10.1. The standard InChI is InChI=1S/C12H8F3N5O2/c13-12(14,15)10-18-11-17-7(9(21)22)4-8(20(11)19-10)6-2-1-3-16-5-6/h1-5,8H,(H,21,22)(H,17,18,19). The highest BCUT2D eigenvalue weighted by Crippen LogP contribution is 2.33. The Hall–Kier alpha value is -2.91. The van der Waals surface area contributed by atoms with Gasteiger partial charge in [-0.1, -0.05) is 6.07 Å². The second kappa shape index (κ2) is 4.83. The van der Waals surface area contributed by atoms with Gasteiger partial charge >= 0.3 is 12.1 Å². The number of halogens is 3. The summed E-state index contributed by atoms with van der Waals surface area (Å²) in [4.78, 5) is 18.3. The molecule has 2 aromatic rings. The summed E-state index contributed by atoms with van der Waals surface area (Å²) in [5.41, 5.74) is 0.213. The molecule has 1 aliphatic rings. The molecule has 1 aliphatic heterocycles. The molecule has 2 N–H and O–H groups in total. The van der Waals surface area contributed by atoms with Crippen LogP contribution in [0, 0.1) is 0 Å². The number of pyridine rings is 1. The average Bonchev–Trinajstić information content (AvgIpc) is 2.91. The number of nitrogens with one attached hydrogen (secondary N) is 1. The minimum absolute atomic E-state index is 0.275. The van der Waals surface area contributed by atoms with E-state index >= 15 is 0 Å². The molecule has 2 aromatic heterocycles. The van der Waals surface area contributed by atoms with Crippen molar-refractivity contribution in [2.45, 2.75) is 12.2 Å². The maximum Gasteiger partial charge on any atom is 0.453 e. The number of aliphatic carboxylic acids is 1. The van der Waals surface area contributed by atoms with Crippen molar-refractivity contribution in [3.05, 3.63) is 47.7 Å². The summed E-state index contributed by atoms with van der Waals surface area (Å²) in [6.45, 7) is 0. The zero-order chi connectivity index (χ0) is 15.9. The van der Waals surface area contributed by atoms with Crippen LogP contribution in [0.4, 0.5) is 19.1 Å². The first kappa shape index (κ1) is 14.0. The van der Waals surface area contributed by atoms with Crippen molar-refractivity contribution >= 4 is 11.9 Å². The van der Waals surface area contributed by atoms with E-state index in [1.54, 1.807) is 12.1 Å². The normalized spacial score (nSPS) is 17.4. The van der Waals surface area contributed by atoms with Crippen LogP contribution in [-0.4, -0.2) is 30.8 Å². The van der Waals surface area contributed by atoms with E-state index in [4.69, 9.17) is 5.11 Å². The number of carboxylic acid groups (broad SMARTS) is 1. The number of rotatable bonds is 2. The number of hydrogen-bond acceptors (Lipinski definition) is 5. The van der Waals surface area contributed by atoms with Gasteiger partial charge in [-0.05, 0) is 17.7 Å². The van der Waals surface area contributed by atoms with Crippen molar-refractivity contribution in [3.8, 4) is 0 Å². The third-order valence-corrected chi connectivity index (χ3v) is 2.98. The van der Waals surface area contributed by atoms with Crippen LogP contribution in [0.1, 0.15) is 17.4 Å². The van der Waals surface area contributed by atoms with E-state index in [2.05, 4.69) is 20.4 Å². The summed E-state index contributed by atoms with van der Waals surface area (Å²) < 4.78 is 39.2. The maximum atomic E-state index is 12.7. The van der Waals surface area contributed by atoms with E-state index in [9.17, 15) is 18.0 Å². The Morgan fingerprint density at radius 3 is 2.77 bits per heavy atom. The van der Waals surface area contributed by atoms with Gasteiger partial charge in [0, 0.05) is 12.4 Å². The van der Waals surface area contributed by atoms with Gasteiger partial charge in [-0.25, -0.2) is 9.48 Å².